The molecule has 0 aliphatic carbocycles. The second-order valence-electron chi connectivity index (χ2n) is 4.46. The summed E-state index contributed by atoms with van der Waals surface area (Å²) in [6.07, 6.45) is 0. The molecular weight excluding hydrogens is 226 g/mol. The minimum absolute atomic E-state index is 0.436. The van der Waals surface area contributed by atoms with Gasteiger partial charge in [-0.1, -0.05) is 6.07 Å². The van der Waals surface area contributed by atoms with Crippen LogP contribution in [0.1, 0.15) is 22.3 Å². The van der Waals surface area contributed by atoms with Crippen molar-refractivity contribution in [2.45, 2.75) is 27.7 Å². The van der Waals surface area contributed by atoms with E-state index in [0.29, 0.717) is 5.82 Å². The molecule has 92 valence electrons. The van der Waals surface area contributed by atoms with Gasteiger partial charge in [0.15, 0.2) is 0 Å². The normalized spacial score (nSPS) is 10.2. The Hall–Kier alpha value is -2.26. The Labute approximate surface area is 105 Å². The molecule has 5 nitrogen and oxygen atoms in total. The highest BCUT2D eigenvalue weighted by molar-refractivity contribution is 5.71. The Kier molecular flexibility index (Phi) is 3.08. The van der Waals surface area contributed by atoms with Crippen molar-refractivity contribution in [3.63, 3.8) is 0 Å². The van der Waals surface area contributed by atoms with E-state index in [-0.39, 0.29) is 0 Å². The van der Waals surface area contributed by atoms with Gasteiger partial charge in [-0.2, -0.15) is 5.10 Å². The molecule has 0 atom stereocenters. The lowest BCUT2D eigenvalue weighted by atomic mass is 9.92. The van der Waals surface area contributed by atoms with E-state index in [1.165, 1.54) is 22.3 Å². The van der Waals surface area contributed by atoms with Crippen LogP contribution in [0.4, 0.5) is 5.82 Å². The number of nitrogens with zero attached hydrogens (tertiary/aromatic N) is 4. The van der Waals surface area contributed by atoms with Crippen molar-refractivity contribution in [2.24, 2.45) is 5.11 Å². The van der Waals surface area contributed by atoms with Crippen molar-refractivity contribution in [2.75, 3.05) is 0 Å². The van der Waals surface area contributed by atoms with E-state index in [1.807, 2.05) is 0 Å². The van der Waals surface area contributed by atoms with Crippen LogP contribution in [0.3, 0.4) is 0 Å². The molecule has 0 saturated carbocycles. The van der Waals surface area contributed by atoms with E-state index in [2.05, 4.69) is 54.0 Å². The summed E-state index contributed by atoms with van der Waals surface area (Å²) in [5.41, 5.74) is 15.2. The molecule has 1 aromatic heterocycles. The van der Waals surface area contributed by atoms with Crippen molar-refractivity contribution < 1.29 is 0 Å². The van der Waals surface area contributed by atoms with Crippen LogP contribution in [0.25, 0.3) is 21.7 Å². The molecule has 0 unspecified atom stereocenters. The Morgan fingerprint density at radius 1 is 1.11 bits per heavy atom. The molecule has 0 spiro atoms. The number of azide groups is 1. The van der Waals surface area contributed by atoms with Gasteiger partial charge in [0.2, 0.25) is 0 Å². The van der Waals surface area contributed by atoms with Crippen LogP contribution < -0.4 is 0 Å². The van der Waals surface area contributed by atoms with Gasteiger partial charge in [0.1, 0.15) is 5.82 Å². The quantitative estimate of drug-likeness (QED) is 0.476. The molecule has 0 saturated heterocycles. The fraction of sp³-hybridized carbons (Fsp3) is 0.308. The van der Waals surface area contributed by atoms with Crippen LogP contribution in [-0.2, 0) is 0 Å². The Morgan fingerprint density at radius 2 is 1.72 bits per heavy atom. The van der Waals surface area contributed by atoms with Gasteiger partial charge < -0.3 is 0 Å². The van der Waals surface area contributed by atoms with Crippen molar-refractivity contribution in [3.8, 4) is 11.3 Å². The number of benzene rings is 1. The lowest BCUT2D eigenvalue weighted by molar-refractivity contribution is 1.08. The third-order valence-corrected chi connectivity index (χ3v) is 3.34. The molecular formula is C13H15N5. The molecule has 2 rings (SSSR count). The molecule has 0 fully saturated rings. The molecule has 1 aromatic carbocycles. The third kappa shape index (κ3) is 1.96. The summed E-state index contributed by atoms with van der Waals surface area (Å²) in [5, 5.41) is 10.5. The SMILES string of the molecule is Cc1cc(C)c(C)c(-c2cc(N=[N+]=[N-])[nH]n2)c1C. The molecule has 0 aliphatic rings. The van der Waals surface area contributed by atoms with Gasteiger partial charge in [-0.15, -0.1) is 0 Å². The molecule has 5 heteroatoms. The summed E-state index contributed by atoms with van der Waals surface area (Å²) in [7, 11) is 0. The largest absolute Gasteiger partial charge is 0.275 e. The second kappa shape index (κ2) is 4.55. The first-order valence-corrected chi connectivity index (χ1v) is 5.73. The summed E-state index contributed by atoms with van der Waals surface area (Å²) in [4.78, 5) is 2.75. The average Bonchev–Trinajstić information content (AvgIpc) is 2.76. The minimum Gasteiger partial charge on any atom is -0.275 e. The maximum atomic E-state index is 8.41. The molecule has 0 radical (unpaired) electrons. The van der Waals surface area contributed by atoms with Crippen LogP contribution in [-0.4, -0.2) is 10.2 Å². The maximum Gasteiger partial charge on any atom is 0.122 e. The number of rotatable bonds is 2. The Bertz CT molecular complexity index is 621. The smallest absolute Gasteiger partial charge is 0.122 e. The predicted octanol–water partition coefficient (Wildman–Crippen LogP) is 4.25. The van der Waals surface area contributed by atoms with Gasteiger partial charge >= 0.3 is 0 Å². The number of nitrogens with one attached hydrogen (secondary N) is 1. The van der Waals surface area contributed by atoms with E-state index in [9.17, 15) is 0 Å². The van der Waals surface area contributed by atoms with Gasteiger partial charge in [-0.3, -0.25) is 5.10 Å². The predicted molar refractivity (Wildman–Crippen MR) is 71.8 cm³/mol. The Morgan fingerprint density at radius 3 is 2.28 bits per heavy atom. The van der Waals surface area contributed by atoms with Crippen LogP contribution in [0.5, 0.6) is 0 Å². The van der Waals surface area contributed by atoms with E-state index < -0.39 is 0 Å². The Balaban J connectivity index is 2.66. The second-order valence-corrected chi connectivity index (χ2v) is 4.46. The highest BCUT2D eigenvalue weighted by Gasteiger charge is 2.13. The van der Waals surface area contributed by atoms with Crippen molar-refractivity contribution in [1.29, 1.82) is 0 Å². The number of hydrogen-bond donors (Lipinski definition) is 1. The zero-order valence-corrected chi connectivity index (χ0v) is 10.9. The number of hydrogen-bond acceptors (Lipinski definition) is 2. The highest BCUT2D eigenvalue weighted by atomic mass is 15.2. The number of aromatic nitrogens is 2. The first-order chi connectivity index (χ1) is 8.54. The summed E-state index contributed by atoms with van der Waals surface area (Å²) >= 11 is 0. The topological polar surface area (TPSA) is 77.4 Å². The number of aromatic amines is 1. The first-order valence-electron chi connectivity index (χ1n) is 5.73. The van der Waals surface area contributed by atoms with Gasteiger partial charge in [0.25, 0.3) is 0 Å². The number of H-pyrrole nitrogens is 1. The molecule has 1 heterocycles. The zero-order valence-electron chi connectivity index (χ0n) is 10.9. The lowest BCUT2D eigenvalue weighted by Crippen LogP contribution is -1.95. The average molecular weight is 241 g/mol. The lowest BCUT2D eigenvalue weighted by Gasteiger charge is -2.13. The molecule has 0 amide bonds. The minimum atomic E-state index is 0.436. The van der Waals surface area contributed by atoms with Gasteiger partial charge in [0, 0.05) is 10.5 Å². The summed E-state index contributed by atoms with van der Waals surface area (Å²) in [6.45, 7) is 8.34. The van der Waals surface area contributed by atoms with E-state index in [4.69, 9.17) is 5.53 Å². The van der Waals surface area contributed by atoms with E-state index in [1.54, 1.807) is 6.07 Å². The van der Waals surface area contributed by atoms with Crippen LogP contribution in [0.15, 0.2) is 17.2 Å². The summed E-state index contributed by atoms with van der Waals surface area (Å²) in [5.74, 6) is 0.436. The fourth-order valence-corrected chi connectivity index (χ4v) is 2.14. The van der Waals surface area contributed by atoms with Gasteiger partial charge in [0.05, 0.1) is 5.69 Å². The van der Waals surface area contributed by atoms with Crippen LogP contribution in [0, 0.1) is 27.7 Å². The van der Waals surface area contributed by atoms with E-state index >= 15 is 0 Å². The number of aryl methyl sites for hydroxylation is 2. The first kappa shape index (κ1) is 12.2. The van der Waals surface area contributed by atoms with Gasteiger partial charge in [-0.25, -0.2) is 0 Å². The third-order valence-electron chi connectivity index (χ3n) is 3.34. The standard InChI is InChI=1S/C13H15N5/c1-7-5-8(2)10(4)13(9(7)3)11-6-12(16-15-11)17-18-14/h5-6H,1-4H3,(H,15,16). The van der Waals surface area contributed by atoms with Gasteiger partial charge in [-0.05, 0) is 66.7 Å². The molecule has 0 aliphatic heterocycles. The summed E-state index contributed by atoms with van der Waals surface area (Å²) < 4.78 is 0. The zero-order chi connectivity index (χ0) is 13.3. The highest BCUT2D eigenvalue weighted by Crippen LogP contribution is 2.31. The molecule has 1 N–H and O–H groups in total. The maximum absolute atomic E-state index is 8.41. The van der Waals surface area contributed by atoms with Crippen LogP contribution >= 0.6 is 0 Å². The van der Waals surface area contributed by atoms with Crippen molar-refractivity contribution in [1.82, 2.24) is 10.2 Å². The van der Waals surface area contributed by atoms with Crippen LogP contribution in [0.2, 0.25) is 0 Å². The van der Waals surface area contributed by atoms with Crippen molar-refractivity contribution >= 4 is 5.82 Å². The summed E-state index contributed by atoms with van der Waals surface area (Å²) in [6, 6.07) is 3.95. The molecule has 0 bridgehead atoms. The molecule has 18 heavy (non-hydrogen) atoms. The molecule has 2 aromatic rings. The fourth-order valence-electron chi connectivity index (χ4n) is 2.14. The monoisotopic (exact) mass is 241 g/mol. The van der Waals surface area contributed by atoms with E-state index in [0.717, 1.165) is 11.3 Å². The van der Waals surface area contributed by atoms with Crippen molar-refractivity contribution in [3.05, 3.63) is 44.8 Å².